The number of hydrogen-bond acceptors (Lipinski definition) is 1. The second-order valence-corrected chi connectivity index (χ2v) is 4.82. The van der Waals surface area contributed by atoms with Crippen LogP contribution in [-0.2, 0) is 0 Å². The van der Waals surface area contributed by atoms with Crippen molar-refractivity contribution >= 4 is 0 Å². The first-order chi connectivity index (χ1) is 6.67. The van der Waals surface area contributed by atoms with E-state index < -0.39 is 0 Å². The molecule has 1 aliphatic rings. The second kappa shape index (κ2) is 3.39. The smallest absolute Gasteiger partial charge is 0.0487 e. The number of benzene rings is 1. The fourth-order valence-electron chi connectivity index (χ4n) is 2.39. The minimum atomic E-state index is 0.190. The van der Waals surface area contributed by atoms with E-state index in [1.165, 1.54) is 12.0 Å². The quantitative estimate of drug-likeness (QED) is 0.777. The molecule has 0 heterocycles. The Bertz CT molecular complexity index is 306. The average Bonchev–Trinajstić information content (AvgIpc) is 2.92. The van der Waals surface area contributed by atoms with Gasteiger partial charge in [-0.2, -0.15) is 0 Å². The van der Waals surface area contributed by atoms with Gasteiger partial charge in [-0.25, -0.2) is 0 Å². The minimum Gasteiger partial charge on any atom is -0.396 e. The summed E-state index contributed by atoms with van der Waals surface area (Å²) in [5.74, 6) is 1.24. The molecule has 0 bridgehead atoms. The zero-order valence-electron chi connectivity index (χ0n) is 8.90. The molecule has 0 radical (unpaired) electrons. The van der Waals surface area contributed by atoms with Crippen LogP contribution in [-0.4, -0.2) is 11.7 Å². The Morgan fingerprint density at radius 3 is 2.57 bits per heavy atom. The summed E-state index contributed by atoms with van der Waals surface area (Å²) < 4.78 is 0. The lowest BCUT2D eigenvalue weighted by Crippen LogP contribution is -2.08. The van der Waals surface area contributed by atoms with Gasteiger partial charge in [0, 0.05) is 6.61 Å². The summed E-state index contributed by atoms with van der Waals surface area (Å²) in [7, 11) is 0. The highest BCUT2D eigenvalue weighted by molar-refractivity contribution is 5.23. The highest BCUT2D eigenvalue weighted by atomic mass is 16.3. The van der Waals surface area contributed by atoms with Gasteiger partial charge in [-0.1, -0.05) is 44.2 Å². The van der Waals surface area contributed by atoms with E-state index in [-0.39, 0.29) is 5.41 Å². The van der Waals surface area contributed by atoms with E-state index in [4.69, 9.17) is 0 Å². The van der Waals surface area contributed by atoms with Crippen LogP contribution in [0.2, 0.25) is 0 Å². The molecule has 1 aromatic rings. The molecule has 1 unspecified atom stereocenters. The first-order valence-electron chi connectivity index (χ1n) is 5.33. The zero-order valence-corrected chi connectivity index (χ0v) is 8.90. The third kappa shape index (κ3) is 1.57. The largest absolute Gasteiger partial charge is 0.396 e. The number of aliphatic hydroxyl groups is 1. The molecule has 3 atom stereocenters. The molecule has 2 rings (SSSR count). The van der Waals surface area contributed by atoms with Gasteiger partial charge in [0.05, 0.1) is 0 Å². The Balaban J connectivity index is 2.08. The molecule has 1 N–H and O–H groups in total. The van der Waals surface area contributed by atoms with Gasteiger partial charge in [0.2, 0.25) is 0 Å². The molecule has 14 heavy (non-hydrogen) atoms. The normalized spacial score (nSPS) is 32.6. The maximum atomic E-state index is 9.23. The summed E-state index contributed by atoms with van der Waals surface area (Å²) in [6.07, 6.45) is 1.17. The Hall–Kier alpha value is -0.820. The lowest BCUT2D eigenvalue weighted by Gasteiger charge is -2.14. The predicted octanol–water partition coefficient (Wildman–Crippen LogP) is 2.81. The van der Waals surface area contributed by atoms with E-state index in [2.05, 4.69) is 38.1 Å². The van der Waals surface area contributed by atoms with Crippen molar-refractivity contribution in [2.75, 3.05) is 6.61 Å². The van der Waals surface area contributed by atoms with Crippen LogP contribution >= 0.6 is 0 Å². The monoisotopic (exact) mass is 190 g/mol. The van der Waals surface area contributed by atoms with Crippen molar-refractivity contribution in [2.24, 2.45) is 11.3 Å². The van der Waals surface area contributed by atoms with Crippen molar-refractivity contribution in [1.29, 1.82) is 0 Å². The summed E-state index contributed by atoms with van der Waals surface area (Å²) in [6, 6.07) is 10.6. The van der Waals surface area contributed by atoms with Crippen LogP contribution in [0, 0.1) is 11.3 Å². The summed E-state index contributed by atoms with van der Waals surface area (Å²) >= 11 is 0. The molecule has 1 heteroatoms. The lowest BCUT2D eigenvalue weighted by molar-refractivity contribution is 0.207. The maximum Gasteiger partial charge on any atom is 0.0487 e. The fraction of sp³-hybridized carbons (Fsp3) is 0.538. The molecule has 0 aromatic heterocycles. The highest BCUT2D eigenvalue weighted by Crippen LogP contribution is 2.58. The molecule has 0 amide bonds. The van der Waals surface area contributed by atoms with Crippen LogP contribution in [0.1, 0.15) is 31.7 Å². The predicted molar refractivity (Wildman–Crippen MR) is 58.2 cm³/mol. The number of aliphatic hydroxyl groups excluding tert-OH is 1. The van der Waals surface area contributed by atoms with Crippen molar-refractivity contribution in [3.05, 3.63) is 35.9 Å². The molecule has 1 nitrogen and oxygen atoms in total. The van der Waals surface area contributed by atoms with E-state index >= 15 is 0 Å². The van der Waals surface area contributed by atoms with Crippen molar-refractivity contribution in [3.63, 3.8) is 0 Å². The molecule has 1 aliphatic carbocycles. The van der Waals surface area contributed by atoms with Gasteiger partial charge in [-0.3, -0.25) is 0 Å². The van der Waals surface area contributed by atoms with E-state index in [1.54, 1.807) is 0 Å². The number of hydrogen-bond donors (Lipinski definition) is 1. The standard InChI is InChI=1S/C13H18O/c1-10(11-6-4-3-5-7-11)12-8-13(12,2)9-14/h3-7,10,12,14H,8-9H2,1-2H3/t10-,12-,13?/m0/s1. The van der Waals surface area contributed by atoms with E-state index in [0.717, 1.165) is 0 Å². The Morgan fingerprint density at radius 2 is 2.07 bits per heavy atom. The van der Waals surface area contributed by atoms with Crippen molar-refractivity contribution in [2.45, 2.75) is 26.2 Å². The SMILES string of the molecule is C[C@@H](c1ccccc1)[C@@H]1CC1(C)CO. The summed E-state index contributed by atoms with van der Waals surface area (Å²) in [6.45, 7) is 4.77. The first kappa shape index (κ1) is 9.72. The maximum absolute atomic E-state index is 9.23. The molecule has 1 fully saturated rings. The van der Waals surface area contributed by atoms with Crippen LogP contribution in [0.4, 0.5) is 0 Å². The Kier molecular flexibility index (Phi) is 2.36. The van der Waals surface area contributed by atoms with Gasteiger partial charge in [-0.05, 0) is 29.2 Å². The van der Waals surface area contributed by atoms with Gasteiger partial charge in [0.1, 0.15) is 0 Å². The van der Waals surface area contributed by atoms with E-state index in [9.17, 15) is 5.11 Å². The summed E-state index contributed by atoms with van der Waals surface area (Å²) in [5.41, 5.74) is 1.59. The highest BCUT2D eigenvalue weighted by Gasteiger charge is 2.52. The first-order valence-corrected chi connectivity index (χ1v) is 5.33. The Morgan fingerprint density at radius 1 is 1.43 bits per heavy atom. The Labute approximate surface area is 85.8 Å². The van der Waals surface area contributed by atoms with Gasteiger partial charge in [0.15, 0.2) is 0 Å². The van der Waals surface area contributed by atoms with E-state index in [0.29, 0.717) is 18.4 Å². The molecular formula is C13H18O. The average molecular weight is 190 g/mol. The molecule has 1 saturated carbocycles. The van der Waals surface area contributed by atoms with Crippen LogP contribution in [0.5, 0.6) is 0 Å². The molecule has 0 saturated heterocycles. The minimum absolute atomic E-state index is 0.190. The fourth-order valence-corrected chi connectivity index (χ4v) is 2.39. The van der Waals surface area contributed by atoms with E-state index in [1.807, 2.05) is 6.07 Å². The molecule has 76 valence electrons. The zero-order chi connectivity index (χ0) is 10.2. The third-order valence-electron chi connectivity index (χ3n) is 3.71. The topological polar surface area (TPSA) is 20.2 Å². The molecule has 0 spiro atoms. The van der Waals surface area contributed by atoms with Gasteiger partial charge < -0.3 is 5.11 Å². The number of rotatable bonds is 3. The molecule has 0 aliphatic heterocycles. The van der Waals surface area contributed by atoms with Crippen LogP contribution in [0.25, 0.3) is 0 Å². The van der Waals surface area contributed by atoms with Crippen molar-refractivity contribution in [3.8, 4) is 0 Å². The van der Waals surface area contributed by atoms with Gasteiger partial charge in [0.25, 0.3) is 0 Å². The summed E-state index contributed by atoms with van der Waals surface area (Å²) in [4.78, 5) is 0. The molecular weight excluding hydrogens is 172 g/mol. The van der Waals surface area contributed by atoms with Crippen LogP contribution < -0.4 is 0 Å². The third-order valence-corrected chi connectivity index (χ3v) is 3.71. The van der Waals surface area contributed by atoms with Gasteiger partial charge in [-0.15, -0.1) is 0 Å². The van der Waals surface area contributed by atoms with Crippen molar-refractivity contribution < 1.29 is 5.11 Å². The second-order valence-electron chi connectivity index (χ2n) is 4.82. The lowest BCUT2D eigenvalue weighted by atomic mass is 9.91. The van der Waals surface area contributed by atoms with Gasteiger partial charge >= 0.3 is 0 Å². The molecule has 1 aromatic carbocycles. The summed E-state index contributed by atoms with van der Waals surface area (Å²) in [5, 5.41) is 9.23. The van der Waals surface area contributed by atoms with Crippen molar-refractivity contribution in [1.82, 2.24) is 0 Å². The van der Waals surface area contributed by atoms with Crippen LogP contribution in [0.3, 0.4) is 0 Å². The van der Waals surface area contributed by atoms with Crippen LogP contribution in [0.15, 0.2) is 30.3 Å².